The molecule has 1 fully saturated rings. The van der Waals surface area contributed by atoms with Crippen molar-refractivity contribution in [1.29, 1.82) is 0 Å². The van der Waals surface area contributed by atoms with Crippen molar-refractivity contribution in [2.45, 2.75) is 25.9 Å². The first kappa shape index (κ1) is 8.87. The van der Waals surface area contributed by atoms with Crippen LogP contribution in [0.15, 0.2) is 0 Å². The van der Waals surface area contributed by atoms with E-state index in [1.165, 1.54) is 12.0 Å². The quantitative estimate of drug-likeness (QED) is 0.470. The first-order chi connectivity index (χ1) is 5.34. The van der Waals surface area contributed by atoms with Crippen LogP contribution >= 0.6 is 12.0 Å². The van der Waals surface area contributed by atoms with Crippen LogP contribution in [0.1, 0.15) is 19.8 Å². The van der Waals surface area contributed by atoms with Crippen molar-refractivity contribution in [1.82, 2.24) is 0 Å². The molecular weight excluding hydrogens is 164 g/mol. The van der Waals surface area contributed by atoms with Crippen molar-refractivity contribution in [2.75, 3.05) is 12.4 Å². The van der Waals surface area contributed by atoms with Gasteiger partial charge in [0, 0.05) is 5.75 Å². The van der Waals surface area contributed by atoms with Crippen molar-refractivity contribution in [2.24, 2.45) is 0 Å². The summed E-state index contributed by atoms with van der Waals surface area (Å²) < 4.78 is 9.94. The maximum absolute atomic E-state index is 11.0. The molecule has 0 saturated carbocycles. The minimum Gasteiger partial charge on any atom is -0.464 e. The third-order valence-corrected chi connectivity index (χ3v) is 2.25. The number of ether oxygens (including phenoxy) is 1. The Morgan fingerprint density at radius 2 is 2.64 bits per heavy atom. The molecule has 0 aromatic carbocycles. The second-order valence-electron chi connectivity index (χ2n) is 2.30. The second-order valence-corrected chi connectivity index (χ2v) is 3.14. The molecule has 0 aromatic rings. The molecule has 0 aliphatic carbocycles. The normalized spacial score (nSPS) is 24.6. The number of hydrogen-bond acceptors (Lipinski definition) is 4. The summed E-state index contributed by atoms with van der Waals surface area (Å²) in [6, 6.07) is 0. The highest BCUT2D eigenvalue weighted by Crippen LogP contribution is 2.21. The maximum atomic E-state index is 11.0. The fraction of sp³-hybridized carbons (Fsp3) is 0.857. The molecule has 0 aromatic heterocycles. The molecule has 0 bridgehead atoms. The van der Waals surface area contributed by atoms with Crippen molar-refractivity contribution in [3.05, 3.63) is 0 Å². The SMILES string of the molecule is CCOC(=O)C1CCCSO1. The largest absolute Gasteiger partial charge is 0.464 e. The third-order valence-electron chi connectivity index (χ3n) is 1.43. The Bertz CT molecular complexity index is 132. The van der Waals surface area contributed by atoms with Crippen LogP contribution in [0, 0.1) is 0 Å². The lowest BCUT2D eigenvalue weighted by Gasteiger charge is -2.18. The number of hydrogen-bond donors (Lipinski definition) is 0. The monoisotopic (exact) mass is 176 g/mol. The summed E-state index contributed by atoms with van der Waals surface area (Å²) in [6.07, 6.45) is 1.51. The van der Waals surface area contributed by atoms with E-state index in [-0.39, 0.29) is 12.1 Å². The summed E-state index contributed by atoms with van der Waals surface area (Å²) in [6.45, 7) is 2.23. The van der Waals surface area contributed by atoms with E-state index in [0.29, 0.717) is 6.61 Å². The fourth-order valence-electron chi connectivity index (χ4n) is 0.898. The van der Waals surface area contributed by atoms with Crippen LogP contribution in [-0.4, -0.2) is 24.4 Å². The van der Waals surface area contributed by atoms with Gasteiger partial charge in [-0.3, -0.25) is 0 Å². The summed E-state index contributed by atoms with van der Waals surface area (Å²) in [5, 5.41) is 0. The van der Waals surface area contributed by atoms with Gasteiger partial charge < -0.3 is 8.92 Å². The zero-order chi connectivity index (χ0) is 8.10. The highest BCUT2D eigenvalue weighted by atomic mass is 32.2. The Balaban J connectivity index is 2.27. The molecule has 1 aliphatic rings. The van der Waals surface area contributed by atoms with Gasteiger partial charge in [-0.05, 0) is 31.8 Å². The summed E-state index contributed by atoms with van der Waals surface area (Å²) in [7, 11) is 0. The molecule has 0 amide bonds. The highest BCUT2D eigenvalue weighted by Gasteiger charge is 2.23. The van der Waals surface area contributed by atoms with Gasteiger partial charge in [-0.25, -0.2) is 4.79 Å². The van der Waals surface area contributed by atoms with Crippen molar-refractivity contribution in [3.63, 3.8) is 0 Å². The summed E-state index contributed by atoms with van der Waals surface area (Å²) in [5.74, 6) is 0.760. The van der Waals surface area contributed by atoms with Crippen LogP contribution in [0.25, 0.3) is 0 Å². The van der Waals surface area contributed by atoms with E-state index >= 15 is 0 Å². The van der Waals surface area contributed by atoms with Gasteiger partial charge in [0.25, 0.3) is 0 Å². The number of esters is 1. The zero-order valence-electron chi connectivity index (χ0n) is 6.54. The molecule has 1 atom stereocenters. The van der Waals surface area contributed by atoms with E-state index in [4.69, 9.17) is 8.92 Å². The molecule has 64 valence electrons. The standard InChI is InChI=1S/C7H12O3S/c1-2-9-7(8)6-4-3-5-11-10-6/h6H,2-5H2,1H3. The lowest BCUT2D eigenvalue weighted by atomic mass is 10.2. The van der Waals surface area contributed by atoms with E-state index in [0.717, 1.165) is 18.6 Å². The topological polar surface area (TPSA) is 35.5 Å². The highest BCUT2D eigenvalue weighted by molar-refractivity contribution is 7.94. The number of carbonyl (C=O) groups is 1. The van der Waals surface area contributed by atoms with Crippen LogP contribution in [0.3, 0.4) is 0 Å². The fourth-order valence-corrected chi connectivity index (χ4v) is 1.62. The lowest BCUT2D eigenvalue weighted by molar-refractivity contribution is -0.151. The molecule has 1 saturated heterocycles. The number of rotatable bonds is 2. The third kappa shape index (κ3) is 2.71. The molecule has 1 rings (SSSR count). The minimum absolute atomic E-state index is 0.222. The smallest absolute Gasteiger partial charge is 0.336 e. The van der Waals surface area contributed by atoms with Crippen LogP contribution in [0.4, 0.5) is 0 Å². The van der Waals surface area contributed by atoms with E-state index < -0.39 is 0 Å². The van der Waals surface area contributed by atoms with Crippen LogP contribution < -0.4 is 0 Å². The molecule has 0 N–H and O–H groups in total. The first-order valence-corrected chi connectivity index (χ1v) is 4.70. The molecule has 11 heavy (non-hydrogen) atoms. The van der Waals surface area contributed by atoms with Gasteiger partial charge in [-0.15, -0.1) is 0 Å². The first-order valence-electron chi connectivity index (χ1n) is 3.79. The van der Waals surface area contributed by atoms with Crippen LogP contribution in [0.2, 0.25) is 0 Å². The Labute approximate surface area is 70.6 Å². The van der Waals surface area contributed by atoms with E-state index in [2.05, 4.69) is 0 Å². The Morgan fingerprint density at radius 1 is 1.82 bits per heavy atom. The van der Waals surface area contributed by atoms with Gasteiger partial charge in [0.1, 0.15) is 0 Å². The molecule has 1 aliphatic heterocycles. The van der Waals surface area contributed by atoms with E-state index in [1.807, 2.05) is 0 Å². The Morgan fingerprint density at radius 3 is 3.18 bits per heavy atom. The van der Waals surface area contributed by atoms with Crippen molar-refractivity contribution in [3.8, 4) is 0 Å². The lowest BCUT2D eigenvalue weighted by Crippen LogP contribution is -2.27. The van der Waals surface area contributed by atoms with Gasteiger partial charge >= 0.3 is 5.97 Å². The molecule has 4 heteroatoms. The van der Waals surface area contributed by atoms with Crippen molar-refractivity contribution < 1.29 is 13.7 Å². The summed E-state index contributed by atoms with van der Waals surface area (Å²) in [4.78, 5) is 11.0. The summed E-state index contributed by atoms with van der Waals surface area (Å²) >= 11 is 1.36. The van der Waals surface area contributed by atoms with E-state index in [1.54, 1.807) is 6.92 Å². The average Bonchev–Trinajstić information content (AvgIpc) is 2.07. The van der Waals surface area contributed by atoms with Gasteiger partial charge in [-0.2, -0.15) is 0 Å². The van der Waals surface area contributed by atoms with Crippen LogP contribution in [0.5, 0.6) is 0 Å². The summed E-state index contributed by atoms with van der Waals surface area (Å²) in [5.41, 5.74) is 0. The van der Waals surface area contributed by atoms with Gasteiger partial charge in [0.2, 0.25) is 0 Å². The second kappa shape index (κ2) is 4.62. The minimum atomic E-state index is -0.325. The van der Waals surface area contributed by atoms with Gasteiger partial charge in [-0.1, -0.05) is 0 Å². The van der Waals surface area contributed by atoms with E-state index in [9.17, 15) is 4.79 Å². The molecule has 0 radical (unpaired) electrons. The predicted octanol–water partition coefficient (Wildman–Crippen LogP) is 1.38. The molecule has 1 heterocycles. The molecular formula is C7H12O3S. The Kier molecular flexibility index (Phi) is 3.72. The molecule has 0 spiro atoms. The molecule has 3 nitrogen and oxygen atoms in total. The van der Waals surface area contributed by atoms with Crippen LogP contribution in [-0.2, 0) is 13.7 Å². The Hall–Kier alpha value is -0.220. The maximum Gasteiger partial charge on any atom is 0.336 e. The van der Waals surface area contributed by atoms with Crippen molar-refractivity contribution >= 4 is 18.0 Å². The zero-order valence-corrected chi connectivity index (χ0v) is 7.36. The predicted molar refractivity (Wildman–Crippen MR) is 43.2 cm³/mol. The number of carbonyl (C=O) groups excluding carboxylic acids is 1. The average molecular weight is 176 g/mol. The van der Waals surface area contributed by atoms with Gasteiger partial charge in [0.05, 0.1) is 6.61 Å². The molecule has 1 unspecified atom stereocenters. The van der Waals surface area contributed by atoms with Gasteiger partial charge in [0.15, 0.2) is 6.10 Å².